The quantitative estimate of drug-likeness (QED) is 0.826. The smallest absolute Gasteiger partial charge is 0.410 e. The summed E-state index contributed by atoms with van der Waals surface area (Å²) in [6.45, 7) is 12.7. The van der Waals surface area contributed by atoms with Crippen molar-refractivity contribution in [1.29, 1.82) is 0 Å². The first kappa shape index (κ1) is 15.3. The van der Waals surface area contributed by atoms with E-state index in [0.29, 0.717) is 12.0 Å². The normalized spacial score (nSPS) is 21.9. The van der Waals surface area contributed by atoms with Crippen molar-refractivity contribution in [3.8, 4) is 0 Å². The van der Waals surface area contributed by atoms with E-state index in [2.05, 4.69) is 19.2 Å². The van der Waals surface area contributed by atoms with Gasteiger partial charge in [-0.1, -0.05) is 13.8 Å². The van der Waals surface area contributed by atoms with Crippen molar-refractivity contribution < 1.29 is 9.53 Å². The molecule has 1 amide bonds. The van der Waals surface area contributed by atoms with E-state index < -0.39 is 5.60 Å². The average molecular weight is 256 g/mol. The molecule has 1 atom stereocenters. The molecule has 0 spiro atoms. The number of carbonyl (C=O) groups excluding carboxylic acids is 1. The zero-order chi connectivity index (χ0) is 13.8. The van der Waals surface area contributed by atoms with Crippen LogP contribution in [0.3, 0.4) is 0 Å². The van der Waals surface area contributed by atoms with Crippen molar-refractivity contribution in [3.63, 3.8) is 0 Å². The van der Waals surface area contributed by atoms with Gasteiger partial charge in [-0.3, -0.25) is 0 Å². The van der Waals surface area contributed by atoms with Crippen LogP contribution in [0, 0.1) is 5.92 Å². The number of hydrogen-bond acceptors (Lipinski definition) is 3. The van der Waals surface area contributed by atoms with Gasteiger partial charge in [0.2, 0.25) is 0 Å². The number of ether oxygens (including phenoxy) is 1. The highest BCUT2D eigenvalue weighted by atomic mass is 16.6. The molecule has 0 radical (unpaired) electrons. The highest BCUT2D eigenvalue weighted by Crippen LogP contribution is 2.14. The van der Waals surface area contributed by atoms with Gasteiger partial charge in [0.05, 0.1) is 0 Å². The molecule has 0 bridgehead atoms. The summed E-state index contributed by atoms with van der Waals surface area (Å²) >= 11 is 0. The van der Waals surface area contributed by atoms with E-state index in [1.165, 1.54) is 0 Å². The maximum Gasteiger partial charge on any atom is 0.410 e. The molecule has 4 heteroatoms. The SMILES string of the molecule is CC(C)C[C@@H]1CN(C(=O)OC(C)(C)C)CCCN1. The minimum Gasteiger partial charge on any atom is -0.444 e. The van der Waals surface area contributed by atoms with E-state index in [4.69, 9.17) is 4.74 Å². The Bertz CT molecular complexity index is 271. The zero-order valence-corrected chi connectivity index (χ0v) is 12.5. The highest BCUT2D eigenvalue weighted by molar-refractivity contribution is 5.68. The van der Waals surface area contributed by atoms with E-state index >= 15 is 0 Å². The second-order valence-corrected chi connectivity index (χ2v) is 6.56. The minimum atomic E-state index is -0.412. The Morgan fingerprint density at radius 3 is 2.67 bits per heavy atom. The molecule has 0 aromatic carbocycles. The number of carbonyl (C=O) groups is 1. The Balaban J connectivity index is 2.55. The van der Waals surface area contributed by atoms with Crippen LogP contribution in [0.25, 0.3) is 0 Å². The van der Waals surface area contributed by atoms with Crippen LogP contribution >= 0.6 is 0 Å². The Morgan fingerprint density at radius 1 is 1.44 bits per heavy atom. The third kappa shape index (κ3) is 5.71. The summed E-state index contributed by atoms with van der Waals surface area (Å²) in [5, 5.41) is 3.51. The summed E-state index contributed by atoms with van der Waals surface area (Å²) in [6.07, 6.45) is 1.91. The monoisotopic (exact) mass is 256 g/mol. The topological polar surface area (TPSA) is 41.6 Å². The molecule has 18 heavy (non-hydrogen) atoms. The van der Waals surface area contributed by atoms with Crippen LogP contribution in [0.1, 0.15) is 47.5 Å². The summed E-state index contributed by atoms with van der Waals surface area (Å²) in [4.78, 5) is 13.9. The fourth-order valence-electron chi connectivity index (χ4n) is 2.22. The molecule has 1 N–H and O–H groups in total. The van der Waals surface area contributed by atoms with Gasteiger partial charge in [0, 0.05) is 19.1 Å². The van der Waals surface area contributed by atoms with Gasteiger partial charge < -0.3 is 15.0 Å². The Labute approximate surface area is 111 Å². The molecule has 106 valence electrons. The maximum absolute atomic E-state index is 12.1. The first-order valence-electron chi connectivity index (χ1n) is 6.99. The lowest BCUT2D eigenvalue weighted by molar-refractivity contribution is 0.0244. The van der Waals surface area contributed by atoms with Gasteiger partial charge in [0.15, 0.2) is 0 Å². The van der Waals surface area contributed by atoms with Crippen LogP contribution in [-0.4, -0.2) is 42.3 Å². The molecule has 1 aliphatic heterocycles. The second-order valence-electron chi connectivity index (χ2n) is 6.56. The molecule has 1 fully saturated rings. The molecule has 1 aliphatic rings. The number of rotatable bonds is 2. The molecule has 0 unspecified atom stereocenters. The highest BCUT2D eigenvalue weighted by Gasteiger charge is 2.26. The van der Waals surface area contributed by atoms with Crippen molar-refractivity contribution in [1.82, 2.24) is 10.2 Å². The lowest BCUT2D eigenvalue weighted by atomic mass is 10.0. The third-order valence-corrected chi connectivity index (χ3v) is 2.89. The molecule has 0 aliphatic carbocycles. The van der Waals surface area contributed by atoms with Crippen LogP contribution in [0.15, 0.2) is 0 Å². The summed E-state index contributed by atoms with van der Waals surface area (Å²) in [5.41, 5.74) is -0.412. The minimum absolute atomic E-state index is 0.181. The van der Waals surface area contributed by atoms with Crippen LogP contribution in [-0.2, 0) is 4.74 Å². The molecule has 1 saturated heterocycles. The van der Waals surface area contributed by atoms with Gasteiger partial charge in [-0.25, -0.2) is 4.79 Å². The van der Waals surface area contributed by atoms with E-state index in [1.54, 1.807) is 0 Å². The summed E-state index contributed by atoms with van der Waals surface area (Å²) in [5.74, 6) is 0.640. The predicted octanol–water partition coefficient (Wildman–Crippen LogP) is 2.63. The van der Waals surface area contributed by atoms with Crippen molar-refractivity contribution in [2.45, 2.75) is 59.1 Å². The van der Waals surface area contributed by atoms with Crippen LogP contribution in [0.5, 0.6) is 0 Å². The first-order chi connectivity index (χ1) is 8.28. The van der Waals surface area contributed by atoms with Crippen molar-refractivity contribution >= 4 is 6.09 Å². The van der Waals surface area contributed by atoms with Gasteiger partial charge in [-0.2, -0.15) is 0 Å². The van der Waals surface area contributed by atoms with Gasteiger partial charge in [0.1, 0.15) is 5.60 Å². The molecule has 0 aromatic rings. The Morgan fingerprint density at radius 2 is 2.11 bits per heavy atom. The number of nitrogens with zero attached hydrogens (tertiary/aromatic N) is 1. The van der Waals surface area contributed by atoms with E-state index in [1.807, 2.05) is 25.7 Å². The lowest BCUT2D eigenvalue weighted by Crippen LogP contribution is -2.43. The molecule has 0 aromatic heterocycles. The van der Waals surface area contributed by atoms with E-state index in [9.17, 15) is 4.79 Å². The molecule has 1 heterocycles. The maximum atomic E-state index is 12.1. The van der Waals surface area contributed by atoms with Crippen LogP contribution < -0.4 is 5.32 Å². The van der Waals surface area contributed by atoms with Crippen molar-refractivity contribution in [2.24, 2.45) is 5.92 Å². The first-order valence-corrected chi connectivity index (χ1v) is 6.99. The zero-order valence-electron chi connectivity index (χ0n) is 12.5. The van der Waals surface area contributed by atoms with Crippen molar-refractivity contribution in [2.75, 3.05) is 19.6 Å². The lowest BCUT2D eigenvalue weighted by Gasteiger charge is -2.28. The van der Waals surface area contributed by atoms with Gasteiger partial charge >= 0.3 is 6.09 Å². The van der Waals surface area contributed by atoms with E-state index in [0.717, 1.165) is 32.5 Å². The molecular formula is C14H28N2O2. The summed E-state index contributed by atoms with van der Waals surface area (Å²) < 4.78 is 5.45. The predicted molar refractivity (Wildman–Crippen MR) is 73.7 cm³/mol. The summed E-state index contributed by atoms with van der Waals surface area (Å²) in [7, 11) is 0. The largest absolute Gasteiger partial charge is 0.444 e. The number of amides is 1. The molecule has 1 rings (SSSR count). The molecular weight excluding hydrogens is 228 g/mol. The second kappa shape index (κ2) is 6.41. The Kier molecular flexibility index (Phi) is 5.45. The van der Waals surface area contributed by atoms with Crippen LogP contribution in [0.4, 0.5) is 4.79 Å². The molecule has 4 nitrogen and oxygen atoms in total. The average Bonchev–Trinajstić information content (AvgIpc) is 2.39. The third-order valence-electron chi connectivity index (χ3n) is 2.89. The number of hydrogen-bond donors (Lipinski definition) is 1. The van der Waals surface area contributed by atoms with Gasteiger partial charge in [0.25, 0.3) is 0 Å². The number of nitrogens with one attached hydrogen (secondary N) is 1. The van der Waals surface area contributed by atoms with E-state index in [-0.39, 0.29) is 6.09 Å². The Hall–Kier alpha value is -0.770. The molecule has 0 saturated carbocycles. The van der Waals surface area contributed by atoms with Crippen LogP contribution in [0.2, 0.25) is 0 Å². The van der Waals surface area contributed by atoms with Crippen molar-refractivity contribution in [3.05, 3.63) is 0 Å². The fraction of sp³-hybridized carbons (Fsp3) is 0.929. The van der Waals surface area contributed by atoms with Gasteiger partial charge in [-0.05, 0) is 46.1 Å². The van der Waals surface area contributed by atoms with Gasteiger partial charge in [-0.15, -0.1) is 0 Å². The fourth-order valence-corrected chi connectivity index (χ4v) is 2.22. The standard InChI is InChI=1S/C14H28N2O2/c1-11(2)9-12-10-16(8-6-7-15-12)13(17)18-14(3,4)5/h11-12,15H,6-10H2,1-5H3/t12-/m1/s1. The summed E-state index contributed by atoms with van der Waals surface area (Å²) in [6, 6.07) is 0.389.